The molecular formula is C18H20N4O3. The van der Waals surface area contributed by atoms with Crippen molar-refractivity contribution in [3.63, 3.8) is 0 Å². The first-order chi connectivity index (χ1) is 11.8. The van der Waals surface area contributed by atoms with Crippen molar-refractivity contribution >= 4 is 17.7 Å². The molecule has 7 heteroatoms. The highest BCUT2D eigenvalue weighted by molar-refractivity contribution is 5.86. The summed E-state index contributed by atoms with van der Waals surface area (Å²) in [5.41, 5.74) is 7.38. The van der Waals surface area contributed by atoms with Gasteiger partial charge in [0.05, 0.1) is 18.9 Å². The molecule has 2 rings (SSSR count). The Hall–Kier alpha value is -3.27. The quantitative estimate of drug-likeness (QED) is 0.812. The Labute approximate surface area is 146 Å². The van der Waals surface area contributed by atoms with E-state index >= 15 is 0 Å². The third-order valence-electron chi connectivity index (χ3n) is 3.40. The Morgan fingerprint density at radius 2 is 2.04 bits per heavy atom. The lowest BCUT2D eigenvalue weighted by Crippen LogP contribution is -2.10. The molecule has 0 saturated carbocycles. The van der Waals surface area contributed by atoms with E-state index in [1.165, 1.54) is 13.1 Å². The second-order valence-electron chi connectivity index (χ2n) is 5.62. The number of rotatable bonds is 5. The van der Waals surface area contributed by atoms with Crippen LogP contribution in [0.15, 0.2) is 18.3 Å². The Morgan fingerprint density at radius 3 is 2.56 bits per heavy atom. The maximum absolute atomic E-state index is 11.1. The van der Waals surface area contributed by atoms with E-state index in [2.05, 4.69) is 21.2 Å². The van der Waals surface area contributed by atoms with Gasteiger partial charge in [-0.25, -0.2) is 4.98 Å². The van der Waals surface area contributed by atoms with E-state index in [0.717, 1.165) is 5.56 Å². The van der Waals surface area contributed by atoms with Gasteiger partial charge in [-0.15, -0.1) is 6.42 Å². The Bertz CT molecular complexity index is 841. The number of benzene rings is 1. The number of hydrogen-bond acceptors (Lipinski definition) is 6. The van der Waals surface area contributed by atoms with Gasteiger partial charge in [0.25, 0.3) is 0 Å². The number of aromatic nitrogens is 2. The highest BCUT2D eigenvalue weighted by Crippen LogP contribution is 2.37. The van der Waals surface area contributed by atoms with E-state index in [0.29, 0.717) is 17.1 Å². The molecule has 2 aromatic rings. The minimum atomic E-state index is -0.288. The van der Waals surface area contributed by atoms with Gasteiger partial charge >= 0.3 is 0 Å². The Kier molecular flexibility index (Phi) is 5.45. The molecule has 0 fully saturated rings. The predicted octanol–water partition coefficient (Wildman–Crippen LogP) is 2.92. The van der Waals surface area contributed by atoms with Gasteiger partial charge in [0.2, 0.25) is 11.9 Å². The van der Waals surface area contributed by atoms with Crippen molar-refractivity contribution in [2.24, 2.45) is 0 Å². The van der Waals surface area contributed by atoms with Crippen molar-refractivity contribution in [2.75, 3.05) is 18.2 Å². The van der Waals surface area contributed by atoms with Gasteiger partial charge in [0, 0.05) is 18.6 Å². The number of ether oxygens (including phenoxy) is 2. The summed E-state index contributed by atoms with van der Waals surface area (Å²) in [5.74, 6) is 4.08. The van der Waals surface area contributed by atoms with Crippen LogP contribution in [0.5, 0.6) is 17.2 Å². The summed E-state index contributed by atoms with van der Waals surface area (Å²) < 4.78 is 11.2. The van der Waals surface area contributed by atoms with Crippen molar-refractivity contribution < 1.29 is 14.3 Å². The summed E-state index contributed by atoms with van der Waals surface area (Å²) >= 11 is 0. The first-order valence-electron chi connectivity index (χ1n) is 7.62. The Morgan fingerprint density at radius 1 is 1.32 bits per heavy atom. The van der Waals surface area contributed by atoms with E-state index < -0.39 is 0 Å². The molecule has 1 heterocycles. The van der Waals surface area contributed by atoms with E-state index in [1.807, 2.05) is 19.9 Å². The minimum absolute atomic E-state index is 0.103. The zero-order chi connectivity index (χ0) is 18.6. The molecule has 0 aliphatic rings. The standard InChI is InChI=1S/C18H20N4O3/c1-6-12-7-15(13(10(2)3)8-14(12)24-5)25-16-9-20-18(21-11(4)23)22-17(16)19/h1,7-10H,2-5H3,(H3,19,20,21,22,23). The number of nitrogens with two attached hydrogens (primary N) is 1. The van der Waals surface area contributed by atoms with Crippen molar-refractivity contribution in [1.82, 2.24) is 9.97 Å². The number of nitrogen functional groups attached to an aromatic ring is 1. The second kappa shape index (κ2) is 7.53. The van der Waals surface area contributed by atoms with Crippen LogP contribution in [-0.2, 0) is 4.79 Å². The van der Waals surface area contributed by atoms with Gasteiger partial charge < -0.3 is 15.2 Å². The number of terminal acetylenes is 1. The molecule has 0 aliphatic carbocycles. The number of carbonyl (C=O) groups is 1. The summed E-state index contributed by atoms with van der Waals surface area (Å²) in [6.07, 6.45) is 6.94. The Balaban J connectivity index is 2.42. The zero-order valence-corrected chi connectivity index (χ0v) is 14.6. The van der Waals surface area contributed by atoms with Crippen molar-refractivity contribution in [1.29, 1.82) is 0 Å². The third kappa shape index (κ3) is 4.18. The second-order valence-corrected chi connectivity index (χ2v) is 5.62. The summed E-state index contributed by atoms with van der Waals surface area (Å²) in [6, 6.07) is 3.56. The molecule has 3 N–H and O–H groups in total. The van der Waals surface area contributed by atoms with Gasteiger partial charge in [-0.3, -0.25) is 10.1 Å². The lowest BCUT2D eigenvalue weighted by Gasteiger charge is -2.17. The number of nitrogens with one attached hydrogen (secondary N) is 1. The molecule has 0 unspecified atom stereocenters. The average molecular weight is 340 g/mol. The van der Waals surface area contributed by atoms with Crippen LogP contribution in [0.2, 0.25) is 0 Å². The fraction of sp³-hybridized carbons (Fsp3) is 0.278. The molecule has 1 aromatic heterocycles. The topological polar surface area (TPSA) is 99.4 Å². The summed E-state index contributed by atoms with van der Waals surface area (Å²) in [5, 5.41) is 2.46. The van der Waals surface area contributed by atoms with Crippen LogP contribution in [-0.4, -0.2) is 23.0 Å². The molecule has 1 aromatic carbocycles. The third-order valence-corrected chi connectivity index (χ3v) is 3.40. The van der Waals surface area contributed by atoms with Crippen LogP contribution in [0.25, 0.3) is 0 Å². The number of hydrogen-bond donors (Lipinski definition) is 2. The lowest BCUT2D eigenvalue weighted by molar-refractivity contribution is -0.114. The molecule has 0 spiro atoms. The van der Waals surface area contributed by atoms with Crippen LogP contribution in [0, 0.1) is 12.3 Å². The highest BCUT2D eigenvalue weighted by atomic mass is 16.5. The van der Waals surface area contributed by atoms with Crippen LogP contribution in [0.3, 0.4) is 0 Å². The van der Waals surface area contributed by atoms with Crippen LogP contribution < -0.4 is 20.5 Å². The van der Waals surface area contributed by atoms with Gasteiger partial charge in [0.1, 0.15) is 11.5 Å². The number of anilines is 2. The van der Waals surface area contributed by atoms with E-state index in [-0.39, 0.29) is 29.3 Å². The molecule has 0 bridgehead atoms. The van der Waals surface area contributed by atoms with Crippen LogP contribution >= 0.6 is 0 Å². The fourth-order valence-electron chi connectivity index (χ4n) is 2.20. The van der Waals surface area contributed by atoms with Crippen molar-refractivity contribution in [3.8, 4) is 29.6 Å². The lowest BCUT2D eigenvalue weighted by atomic mass is 9.99. The number of carbonyl (C=O) groups excluding carboxylic acids is 1. The maximum atomic E-state index is 11.1. The predicted molar refractivity (Wildman–Crippen MR) is 95.8 cm³/mol. The normalized spacial score (nSPS) is 10.2. The molecule has 1 amide bonds. The summed E-state index contributed by atoms with van der Waals surface area (Å²) in [4.78, 5) is 19.1. The maximum Gasteiger partial charge on any atom is 0.231 e. The molecule has 0 aliphatic heterocycles. The zero-order valence-electron chi connectivity index (χ0n) is 14.6. The molecule has 7 nitrogen and oxygen atoms in total. The average Bonchev–Trinajstić information content (AvgIpc) is 2.56. The SMILES string of the molecule is C#Cc1cc(Oc2cnc(NC(C)=O)nc2N)c(C(C)C)cc1OC. The van der Waals surface area contributed by atoms with E-state index in [1.54, 1.807) is 13.2 Å². The van der Waals surface area contributed by atoms with Crippen molar-refractivity contribution in [3.05, 3.63) is 29.5 Å². The van der Waals surface area contributed by atoms with Gasteiger partial charge in [-0.05, 0) is 12.0 Å². The van der Waals surface area contributed by atoms with Crippen LogP contribution in [0.1, 0.15) is 37.8 Å². The van der Waals surface area contributed by atoms with Crippen molar-refractivity contribution in [2.45, 2.75) is 26.7 Å². The number of nitrogens with zero attached hydrogens (tertiary/aromatic N) is 2. The van der Waals surface area contributed by atoms with Gasteiger partial charge in [-0.2, -0.15) is 4.98 Å². The molecule has 0 atom stereocenters. The monoisotopic (exact) mass is 340 g/mol. The largest absolute Gasteiger partial charge is 0.495 e. The molecule has 25 heavy (non-hydrogen) atoms. The summed E-state index contributed by atoms with van der Waals surface area (Å²) in [7, 11) is 1.56. The molecule has 130 valence electrons. The first kappa shape index (κ1) is 18.1. The minimum Gasteiger partial charge on any atom is -0.495 e. The van der Waals surface area contributed by atoms with Crippen LogP contribution in [0.4, 0.5) is 11.8 Å². The molecule has 0 radical (unpaired) electrons. The smallest absolute Gasteiger partial charge is 0.231 e. The van der Waals surface area contributed by atoms with Gasteiger partial charge in [0.15, 0.2) is 11.6 Å². The number of amides is 1. The van der Waals surface area contributed by atoms with E-state index in [4.69, 9.17) is 21.6 Å². The van der Waals surface area contributed by atoms with E-state index in [9.17, 15) is 4.79 Å². The van der Waals surface area contributed by atoms with Gasteiger partial charge in [-0.1, -0.05) is 19.8 Å². The first-order valence-corrected chi connectivity index (χ1v) is 7.62. The fourth-order valence-corrected chi connectivity index (χ4v) is 2.20. The summed E-state index contributed by atoms with van der Waals surface area (Å²) in [6.45, 7) is 5.41. The molecule has 0 saturated heterocycles. The highest BCUT2D eigenvalue weighted by Gasteiger charge is 2.16. The molecular weight excluding hydrogens is 320 g/mol. The number of methoxy groups -OCH3 is 1.